The minimum atomic E-state index is -0.497. The molecule has 0 unspecified atom stereocenters. The molecule has 1 N–H and O–H groups in total. The van der Waals surface area contributed by atoms with Crippen LogP contribution in [0.1, 0.15) is 19.4 Å². The number of nitrogens with zero attached hydrogens (tertiary/aromatic N) is 3. The maximum atomic E-state index is 10.5. The second-order valence-electron chi connectivity index (χ2n) is 5.30. The first kappa shape index (κ1) is 16.4. The SMILES string of the molecule is CC(C)COc1ccc(/C=N/Nc2ccc([N+](=O)[O-])cn2)cc1. The van der Waals surface area contributed by atoms with E-state index in [-0.39, 0.29) is 5.69 Å². The molecular formula is C16H18N4O3. The normalized spacial score (nSPS) is 10.9. The Balaban J connectivity index is 1.88. The average Bonchev–Trinajstić information content (AvgIpc) is 2.54. The summed E-state index contributed by atoms with van der Waals surface area (Å²) in [5.41, 5.74) is 3.56. The second kappa shape index (κ2) is 7.88. The monoisotopic (exact) mass is 314 g/mol. The summed E-state index contributed by atoms with van der Waals surface area (Å²) in [7, 11) is 0. The van der Waals surface area contributed by atoms with Crippen molar-refractivity contribution >= 4 is 17.7 Å². The van der Waals surface area contributed by atoms with Crippen molar-refractivity contribution in [3.63, 3.8) is 0 Å². The van der Waals surface area contributed by atoms with Crippen molar-refractivity contribution in [3.05, 3.63) is 58.3 Å². The largest absolute Gasteiger partial charge is 0.493 e. The van der Waals surface area contributed by atoms with Crippen LogP contribution >= 0.6 is 0 Å². The van der Waals surface area contributed by atoms with Gasteiger partial charge in [0.1, 0.15) is 17.8 Å². The first-order valence-electron chi connectivity index (χ1n) is 7.17. The zero-order chi connectivity index (χ0) is 16.7. The fourth-order valence-corrected chi connectivity index (χ4v) is 1.65. The Morgan fingerprint density at radius 3 is 2.61 bits per heavy atom. The van der Waals surface area contributed by atoms with Crippen LogP contribution in [0.15, 0.2) is 47.7 Å². The number of pyridine rings is 1. The summed E-state index contributed by atoms with van der Waals surface area (Å²) >= 11 is 0. The summed E-state index contributed by atoms with van der Waals surface area (Å²) in [6, 6.07) is 10.4. The quantitative estimate of drug-likeness (QED) is 0.480. The molecule has 120 valence electrons. The summed E-state index contributed by atoms with van der Waals surface area (Å²) in [6.07, 6.45) is 2.81. The lowest BCUT2D eigenvalue weighted by Gasteiger charge is -2.08. The molecule has 7 heteroatoms. The molecule has 7 nitrogen and oxygen atoms in total. The fraction of sp³-hybridized carbons (Fsp3) is 0.250. The zero-order valence-corrected chi connectivity index (χ0v) is 13.0. The van der Waals surface area contributed by atoms with Gasteiger partial charge in [-0.25, -0.2) is 4.98 Å². The van der Waals surface area contributed by atoms with Crippen LogP contribution in [0.5, 0.6) is 5.75 Å². The number of benzene rings is 1. The van der Waals surface area contributed by atoms with E-state index in [9.17, 15) is 10.1 Å². The smallest absolute Gasteiger partial charge is 0.287 e. The van der Waals surface area contributed by atoms with Crippen molar-refractivity contribution < 1.29 is 9.66 Å². The Morgan fingerprint density at radius 1 is 1.30 bits per heavy atom. The van der Waals surface area contributed by atoms with E-state index in [1.54, 1.807) is 6.21 Å². The van der Waals surface area contributed by atoms with E-state index in [0.29, 0.717) is 18.3 Å². The Bertz CT molecular complexity index is 667. The van der Waals surface area contributed by atoms with E-state index in [1.807, 2.05) is 24.3 Å². The summed E-state index contributed by atoms with van der Waals surface area (Å²) in [4.78, 5) is 13.9. The van der Waals surface area contributed by atoms with E-state index in [0.717, 1.165) is 11.3 Å². The highest BCUT2D eigenvalue weighted by Crippen LogP contribution is 2.13. The molecule has 1 aromatic carbocycles. The number of aromatic nitrogens is 1. The van der Waals surface area contributed by atoms with E-state index >= 15 is 0 Å². The zero-order valence-electron chi connectivity index (χ0n) is 13.0. The molecule has 0 atom stereocenters. The number of hydrogen-bond acceptors (Lipinski definition) is 6. The van der Waals surface area contributed by atoms with Crippen LogP contribution in [0.3, 0.4) is 0 Å². The van der Waals surface area contributed by atoms with Gasteiger partial charge in [-0.1, -0.05) is 13.8 Å². The van der Waals surface area contributed by atoms with E-state index in [1.165, 1.54) is 18.3 Å². The predicted molar refractivity (Wildman–Crippen MR) is 88.9 cm³/mol. The van der Waals surface area contributed by atoms with Crippen LogP contribution in [0.25, 0.3) is 0 Å². The molecule has 0 saturated carbocycles. The third-order valence-electron chi connectivity index (χ3n) is 2.81. The number of nitrogens with one attached hydrogen (secondary N) is 1. The van der Waals surface area contributed by atoms with Gasteiger partial charge in [-0.2, -0.15) is 5.10 Å². The minimum Gasteiger partial charge on any atom is -0.493 e. The van der Waals surface area contributed by atoms with Crippen LogP contribution in [-0.2, 0) is 0 Å². The number of hydrazone groups is 1. The number of anilines is 1. The van der Waals surface area contributed by atoms with Crippen molar-refractivity contribution in [3.8, 4) is 5.75 Å². The van der Waals surface area contributed by atoms with Crippen molar-refractivity contribution in [1.29, 1.82) is 0 Å². The van der Waals surface area contributed by atoms with Gasteiger partial charge in [0.05, 0.1) is 17.7 Å². The average molecular weight is 314 g/mol. The van der Waals surface area contributed by atoms with Gasteiger partial charge in [0.15, 0.2) is 0 Å². The van der Waals surface area contributed by atoms with Gasteiger partial charge >= 0.3 is 0 Å². The molecule has 0 aliphatic carbocycles. The van der Waals surface area contributed by atoms with Crippen molar-refractivity contribution in [2.24, 2.45) is 11.0 Å². The van der Waals surface area contributed by atoms with E-state index < -0.39 is 4.92 Å². The number of nitro groups is 1. The van der Waals surface area contributed by atoms with Gasteiger partial charge in [0.2, 0.25) is 0 Å². The molecule has 0 bridgehead atoms. The summed E-state index contributed by atoms with van der Waals surface area (Å²) in [6.45, 7) is 4.87. The van der Waals surface area contributed by atoms with Crippen molar-refractivity contribution in [2.45, 2.75) is 13.8 Å². The topological polar surface area (TPSA) is 89.6 Å². The molecule has 0 aliphatic rings. The molecule has 1 aromatic heterocycles. The molecule has 23 heavy (non-hydrogen) atoms. The van der Waals surface area contributed by atoms with Gasteiger partial charge in [0, 0.05) is 6.07 Å². The maximum Gasteiger partial charge on any atom is 0.287 e. The third kappa shape index (κ3) is 5.39. The Morgan fingerprint density at radius 2 is 2.04 bits per heavy atom. The molecule has 0 radical (unpaired) electrons. The fourth-order valence-electron chi connectivity index (χ4n) is 1.65. The van der Waals surface area contributed by atoms with Gasteiger partial charge in [-0.05, 0) is 41.8 Å². The van der Waals surface area contributed by atoms with Crippen LogP contribution in [0.2, 0.25) is 0 Å². The molecule has 2 rings (SSSR count). The van der Waals surface area contributed by atoms with Crippen molar-refractivity contribution in [2.75, 3.05) is 12.0 Å². The first-order valence-corrected chi connectivity index (χ1v) is 7.17. The Labute approximate surface area is 134 Å². The summed E-state index contributed by atoms with van der Waals surface area (Å²) < 4.78 is 5.60. The lowest BCUT2D eigenvalue weighted by Crippen LogP contribution is -2.04. The third-order valence-corrected chi connectivity index (χ3v) is 2.81. The van der Waals surface area contributed by atoms with Crippen LogP contribution < -0.4 is 10.2 Å². The molecular weight excluding hydrogens is 296 g/mol. The maximum absolute atomic E-state index is 10.5. The van der Waals surface area contributed by atoms with Crippen LogP contribution in [-0.4, -0.2) is 22.7 Å². The Kier molecular flexibility index (Phi) is 5.62. The Hall–Kier alpha value is -2.96. The molecule has 0 fully saturated rings. The molecule has 1 heterocycles. The summed E-state index contributed by atoms with van der Waals surface area (Å²) in [5, 5.41) is 14.6. The highest BCUT2D eigenvalue weighted by molar-refractivity contribution is 5.80. The molecule has 0 spiro atoms. The number of rotatable bonds is 7. The number of ether oxygens (including phenoxy) is 1. The van der Waals surface area contributed by atoms with Crippen LogP contribution in [0, 0.1) is 16.0 Å². The first-order chi connectivity index (χ1) is 11.0. The molecule has 0 aliphatic heterocycles. The minimum absolute atomic E-state index is 0.0588. The van der Waals surface area contributed by atoms with Gasteiger partial charge < -0.3 is 4.74 Å². The second-order valence-corrected chi connectivity index (χ2v) is 5.30. The molecule has 0 amide bonds. The summed E-state index contributed by atoms with van der Waals surface area (Å²) in [5.74, 6) is 1.74. The van der Waals surface area contributed by atoms with Gasteiger partial charge in [-0.15, -0.1) is 0 Å². The van der Waals surface area contributed by atoms with Gasteiger partial charge in [-0.3, -0.25) is 15.5 Å². The molecule has 2 aromatic rings. The highest BCUT2D eigenvalue weighted by atomic mass is 16.6. The van der Waals surface area contributed by atoms with Crippen LogP contribution in [0.4, 0.5) is 11.5 Å². The highest BCUT2D eigenvalue weighted by Gasteiger charge is 2.04. The standard InChI is InChI=1S/C16H18N4O3/c1-12(2)11-23-15-6-3-13(4-7-15)9-18-19-16-8-5-14(10-17-16)20(21)22/h3-10,12H,11H2,1-2H3,(H,17,19)/b18-9+. The number of hydrogen-bond donors (Lipinski definition) is 1. The van der Waals surface area contributed by atoms with E-state index in [4.69, 9.17) is 4.74 Å². The van der Waals surface area contributed by atoms with Gasteiger partial charge in [0.25, 0.3) is 5.69 Å². The lowest BCUT2D eigenvalue weighted by atomic mass is 10.2. The predicted octanol–water partition coefficient (Wildman–Crippen LogP) is 3.47. The molecule has 0 saturated heterocycles. The van der Waals surface area contributed by atoms with E-state index in [2.05, 4.69) is 29.4 Å². The van der Waals surface area contributed by atoms with Crippen molar-refractivity contribution in [1.82, 2.24) is 4.98 Å². The lowest BCUT2D eigenvalue weighted by molar-refractivity contribution is -0.385.